The Balaban J connectivity index is 1.89. The summed E-state index contributed by atoms with van der Waals surface area (Å²) < 4.78 is 2.12. The van der Waals surface area contributed by atoms with Gasteiger partial charge in [-0.2, -0.15) is 0 Å². The smallest absolute Gasteiger partial charge is 0.131 e. The van der Waals surface area contributed by atoms with Gasteiger partial charge in [0.05, 0.1) is 0 Å². The number of nitrogens with zero attached hydrogens (tertiary/aromatic N) is 2. The molecule has 84 valence electrons. The number of hydrogen-bond acceptors (Lipinski definition) is 5. The van der Waals surface area contributed by atoms with Crippen LogP contribution in [0.2, 0.25) is 0 Å². The van der Waals surface area contributed by atoms with E-state index in [-0.39, 0.29) is 0 Å². The maximum absolute atomic E-state index is 4.16. The summed E-state index contributed by atoms with van der Waals surface area (Å²) in [7, 11) is 0. The van der Waals surface area contributed by atoms with Crippen molar-refractivity contribution in [3.8, 4) is 0 Å². The summed E-state index contributed by atoms with van der Waals surface area (Å²) in [5.74, 6) is 2.02. The molecule has 2 rings (SSSR count). The summed E-state index contributed by atoms with van der Waals surface area (Å²) in [6, 6.07) is 10.4. The van der Waals surface area contributed by atoms with Gasteiger partial charge in [0.15, 0.2) is 8.68 Å². The van der Waals surface area contributed by atoms with E-state index >= 15 is 0 Å². The molecule has 0 unspecified atom stereocenters. The Morgan fingerprint density at radius 1 is 1.06 bits per heavy atom. The number of thioether (sulfide) groups is 2. The molecule has 0 fully saturated rings. The zero-order valence-electron chi connectivity index (χ0n) is 8.92. The quantitative estimate of drug-likeness (QED) is 0.767. The van der Waals surface area contributed by atoms with Crippen LogP contribution in [0.5, 0.6) is 0 Å². The van der Waals surface area contributed by atoms with Crippen LogP contribution in [0.15, 0.2) is 39.0 Å². The zero-order chi connectivity index (χ0) is 11.2. The molecule has 0 aliphatic heterocycles. The van der Waals surface area contributed by atoms with Crippen LogP contribution in [0.1, 0.15) is 12.5 Å². The van der Waals surface area contributed by atoms with Crippen molar-refractivity contribution in [1.29, 1.82) is 0 Å². The summed E-state index contributed by atoms with van der Waals surface area (Å²) in [4.78, 5) is 0. The van der Waals surface area contributed by atoms with E-state index in [1.165, 1.54) is 5.56 Å². The van der Waals surface area contributed by atoms with E-state index in [1.54, 1.807) is 34.9 Å². The molecule has 1 aromatic carbocycles. The molecular formula is C11H12N2S3. The highest BCUT2D eigenvalue weighted by molar-refractivity contribution is 8.02. The zero-order valence-corrected chi connectivity index (χ0v) is 11.4. The van der Waals surface area contributed by atoms with Crippen molar-refractivity contribution in [3.05, 3.63) is 35.9 Å². The summed E-state index contributed by atoms with van der Waals surface area (Å²) >= 11 is 5.18. The minimum Gasteiger partial charge on any atom is -0.131 e. The number of benzene rings is 1. The van der Waals surface area contributed by atoms with E-state index in [9.17, 15) is 0 Å². The van der Waals surface area contributed by atoms with Gasteiger partial charge in [0.2, 0.25) is 0 Å². The van der Waals surface area contributed by atoms with Crippen molar-refractivity contribution in [3.63, 3.8) is 0 Å². The van der Waals surface area contributed by atoms with Gasteiger partial charge in [-0.1, -0.05) is 72.1 Å². The predicted octanol–water partition coefficient (Wildman–Crippen LogP) is 3.94. The largest absolute Gasteiger partial charge is 0.175 e. The Bertz CT molecular complexity index is 428. The molecule has 0 amide bonds. The second kappa shape index (κ2) is 6.27. The Kier molecular flexibility index (Phi) is 4.69. The van der Waals surface area contributed by atoms with Gasteiger partial charge in [-0.15, -0.1) is 10.2 Å². The van der Waals surface area contributed by atoms with Crippen LogP contribution < -0.4 is 0 Å². The third kappa shape index (κ3) is 3.50. The lowest BCUT2D eigenvalue weighted by Crippen LogP contribution is -1.78. The third-order valence-corrected chi connectivity index (χ3v) is 5.00. The van der Waals surface area contributed by atoms with Crippen LogP contribution in [-0.2, 0) is 5.75 Å². The average molecular weight is 268 g/mol. The van der Waals surface area contributed by atoms with Crippen molar-refractivity contribution in [1.82, 2.24) is 10.2 Å². The fourth-order valence-corrected chi connectivity index (χ4v) is 4.03. The molecule has 0 spiro atoms. The Hall–Kier alpha value is -0.520. The van der Waals surface area contributed by atoms with Crippen molar-refractivity contribution in [2.75, 3.05) is 5.75 Å². The summed E-state index contributed by atoms with van der Waals surface area (Å²) in [5.41, 5.74) is 1.33. The SMILES string of the molecule is CCSc1nnc(SCc2ccccc2)s1. The van der Waals surface area contributed by atoms with Gasteiger partial charge in [0.25, 0.3) is 0 Å². The molecule has 0 atom stereocenters. The normalized spacial score (nSPS) is 10.6. The van der Waals surface area contributed by atoms with E-state index in [0.29, 0.717) is 0 Å². The maximum Gasteiger partial charge on any atom is 0.175 e. The molecule has 1 aromatic heterocycles. The second-order valence-corrected chi connectivity index (χ2v) is 6.75. The summed E-state index contributed by atoms with van der Waals surface area (Å²) in [5, 5.41) is 8.29. The van der Waals surface area contributed by atoms with Crippen LogP contribution in [0.25, 0.3) is 0 Å². The molecule has 0 N–H and O–H groups in total. The lowest BCUT2D eigenvalue weighted by Gasteiger charge is -1.96. The molecule has 5 heteroatoms. The van der Waals surface area contributed by atoms with Gasteiger partial charge >= 0.3 is 0 Å². The Labute approximate surface area is 108 Å². The molecule has 2 aromatic rings. The topological polar surface area (TPSA) is 25.8 Å². The van der Waals surface area contributed by atoms with Gasteiger partial charge in [0.1, 0.15) is 0 Å². The van der Waals surface area contributed by atoms with E-state index in [2.05, 4.69) is 41.4 Å². The number of rotatable bonds is 5. The molecule has 0 saturated carbocycles. The fraction of sp³-hybridized carbons (Fsp3) is 0.273. The summed E-state index contributed by atoms with van der Waals surface area (Å²) in [6.07, 6.45) is 0. The minimum absolute atomic E-state index is 0.965. The summed E-state index contributed by atoms with van der Waals surface area (Å²) in [6.45, 7) is 2.13. The average Bonchev–Trinajstić information content (AvgIpc) is 2.76. The molecular weight excluding hydrogens is 256 g/mol. The Morgan fingerprint density at radius 2 is 1.75 bits per heavy atom. The van der Waals surface area contributed by atoms with Crippen LogP contribution in [0.4, 0.5) is 0 Å². The molecule has 0 aliphatic rings. The van der Waals surface area contributed by atoms with Crippen molar-refractivity contribution >= 4 is 34.9 Å². The molecule has 1 heterocycles. The van der Waals surface area contributed by atoms with Crippen LogP contribution in [0.3, 0.4) is 0 Å². The first-order chi connectivity index (χ1) is 7.88. The van der Waals surface area contributed by atoms with Crippen LogP contribution in [-0.4, -0.2) is 16.0 Å². The molecule has 16 heavy (non-hydrogen) atoms. The highest BCUT2D eigenvalue weighted by atomic mass is 32.2. The minimum atomic E-state index is 0.965. The van der Waals surface area contributed by atoms with Gasteiger partial charge in [0, 0.05) is 5.75 Å². The highest BCUT2D eigenvalue weighted by Crippen LogP contribution is 2.30. The van der Waals surface area contributed by atoms with Crippen molar-refractivity contribution in [2.45, 2.75) is 21.4 Å². The maximum atomic E-state index is 4.16. The Morgan fingerprint density at radius 3 is 2.44 bits per heavy atom. The highest BCUT2D eigenvalue weighted by Gasteiger charge is 2.04. The first-order valence-electron chi connectivity index (χ1n) is 5.01. The van der Waals surface area contributed by atoms with E-state index in [0.717, 1.165) is 20.2 Å². The van der Waals surface area contributed by atoms with Gasteiger partial charge in [-0.25, -0.2) is 0 Å². The fourth-order valence-electron chi connectivity index (χ4n) is 1.16. The van der Waals surface area contributed by atoms with Crippen LogP contribution >= 0.6 is 34.9 Å². The van der Waals surface area contributed by atoms with Gasteiger partial charge in [-0.3, -0.25) is 0 Å². The molecule has 0 radical (unpaired) electrons. The van der Waals surface area contributed by atoms with Crippen molar-refractivity contribution in [2.24, 2.45) is 0 Å². The monoisotopic (exact) mass is 268 g/mol. The third-order valence-electron chi connectivity index (χ3n) is 1.86. The van der Waals surface area contributed by atoms with E-state index < -0.39 is 0 Å². The number of aromatic nitrogens is 2. The second-order valence-electron chi connectivity index (χ2n) is 3.04. The lowest BCUT2D eigenvalue weighted by atomic mass is 10.2. The molecule has 0 bridgehead atoms. The first-order valence-corrected chi connectivity index (χ1v) is 7.80. The molecule has 0 saturated heterocycles. The molecule has 0 aliphatic carbocycles. The first kappa shape index (κ1) is 12.0. The van der Waals surface area contributed by atoms with E-state index in [4.69, 9.17) is 0 Å². The predicted molar refractivity (Wildman–Crippen MR) is 72.3 cm³/mol. The van der Waals surface area contributed by atoms with Gasteiger partial charge in [-0.05, 0) is 11.3 Å². The standard InChI is InChI=1S/C11H12N2S3/c1-2-14-10-12-13-11(16-10)15-8-9-6-4-3-5-7-9/h3-7H,2,8H2,1H3. The van der Waals surface area contributed by atoms with Gasteiger partial charge < -0.3 is 0 Å². The van der Waals surface area contributed by atoms with Crippen LogP contribution in [0, 0.1) is 0 Å². The number of hydrogen-bond donors (Lipinski definition) is 0. The van der Waals surface area contributed by atoms with E-state index in [1.807, 2.05) is 6.07 Å². The molecule has 2 nitrogen and oxygen atoms in total. The lowest BCUT2D eigenvalue weighted by molar-refractivity contribution is 0.954. The van der Waals surface area contributed by atoms with Crippen molar-refractivity contribution < 1.29 is 0 Å².